The quantitative estimate of drug-likeness (QED) is 0.698. The van der Waals surface area contributed by atoms with Gasteiger partial charge in [-0.1, -0.05) is 11.5 Å². The summed E-state index contributed by atoms with van der Waals surface area (Å²) in [5.41, 5.74) is -0.201. The van der Waals surface area contributed by atoms with Gasteiger partial charge in [0, 0.05) is 7.11 Å². The predicted molar refractivity (Wildman–Crippen MR) is 63.2 cm³/mol. The zero-order valence-electron chi connectivity index (χ0n) is 9.31. The Morgan fingerprint density at radius 2 is 2.29 bits per heavy atom. The summed E-state index contributed by atoms with van der Waals surface area (Å²) in [6.07, 6.45) is 1.37. The first-order chi connectivity index (χ1) is 8.15. The van der Waals surface area contributed by atoms with Crippen LogP contribution in [0.15, 0.2) is 23.3 Å². The lowest BCUT2D eigenvalue weighted by atomic mass is 9.94. The number of ether oxygens (including phenoxy) is 1. The molecule has 4 nitrogen and oxygen atoms in total. The number of benzene rings is 1. The molecule has 0 N–H and O–H groups in total. The summed E-state index contributed by atoms with van der Waals surface area (Å²) in [6.45, 7) is 0.684. The molecule has 2 radical (unpaired) electrons. The zero-order chi connectivity index (χ0) is 12.4. The van der Waals surface area contributed by atoms with E-state index in [-0.39, 0.29) is 10.8 Å². The van der Waals surface area contributed by atoms with E-state index in [2.05, 4.69) is 4.98 Å². The number of hydrogen-bond acceptors (Lipinski definition) is 3. The van der Waals surface area contributed by atoms with Crippen LogP contribution >= 0.6 is 0 Å². The molecule has 0 aliphatic carbocycles. The van der Waals surface area contributed by atoms with Gasteiger partial charge >= 0.3 is 0 Å². The van der Waals surface area contributed by atoms with Crippen molar-refractivity contribution in [2.45, 2.75) is 6.54 Å². The van der Waals surface area contributed by atoms with Gasteiger partial charge in [-0.2, -0.15) is 0 Å². The summed E-state index contributed by atoms with van der Waals surface area (Å²) < 4.78 is 19.9. The molecule has 1 heterocycles. The molecule has 86 valence electrons. The van der Waals surface area contributed by atoms with Crippen molar-refractivity contribution in [2.24, 2.45) is 0 Å². The number of rotatable bonds is 3. The molecule has 17 heavy (non-hydrogen) atoms. The van der Waals surface area contributed by atoms with Crippen LogP contribution < -0.4 is 11.0 Å². The molecule has 2 rings (SSSR count). The van der Waals surface area contributed by atoms with Gasteiger partial charge in [0.2, 0.25) is 0 Å². The molecule has 0 spiro atoms. The Hall–Kier alpha value is -1.69. The van der Waals surface area contributed by atoms with E-state index in [0.717, 1.165) is 0 Å². The minimum Gasteiger partial charge on any atom is -0.383 e. The standard InChI is InChI=1S/C11H10BFN2O2/c1-17-5-4-15-6-14-8-3-2-7(12)10(13)9(8)11(15)16/h2-3,6H,4-5H2,1H3. The molecule has 0 unspecified atom stereocenters. The van der Waals surface area contributed by atoms with Gasteiger partial charge in [-0.05, 0) is 6.07 Å². The number of hydrogen-bond donors (Lipinski definition) is 0. The van der Waals surface area contributed by atoms with E-state index in [9.17, 15) is 9.18 Å². The Kier molecular flexibility index (Phi) is 3.24. The molecule has 0 aliphatic rings. The second-order valence-corrected chi connectivity index (χ2v) is 3.60. The predicted octanol–water partition coefficient (Wildman–Crippen LogP) is -0.0242. The van der Waals surface area contributed by atoms with E-state index in [1.165, 1.54) is 30.1 Å². The highest BCUT2D eigenvalue weighted by Gasteiger charge is 2.10. The van der Waals surface area contributed by atoms with Crippen molar-refractivity contribution < 1.29 is 9.13 Å². The third kappa shape index (κ3) is 2.08. The highest BCUT2D eigenvalue weighted by atomic mass is 19.1. The minimum absolute atomic E-state index is 0.0547. The largest absolute Gasteiger partial charge is 0.383 e. The van der Waals surface area contributed by atoms with Crippen molar-refractivity contribution in [1.29, 1.82) is 0 Å². The van der Waals surface area contributed by atoms with E-state index >= 15 is 0 Å². The second kappa shape index (κ2) is 4.67. The summed E-state index contributed by atoms with van der Waals surface area (Å²) in [5, 5.41) is -0.0800. The zero-order valence-corrected chi connectivity index (χ0v) is 9.31. The first kappa shape index (κ1) is 11.8. The number of aromatic nitrogens is 2. The van der Waals surface area contributed by atoms with Crippen molar-refractivity contribution in [3.05, 3.63) is 34.6 Å². The number of nitrogens with zero attached hydrogens (tertiary/aromatic N) is 2. The maximum atomic E-state index is 13.8. The number of methoxy groups -OCH3 is 1. The van der Waals surface area contributed by atoms with E-state index in [1.807, 2.05) is 0 Å². The van der Waals surface area contributed by atoms with Crippen molar-refractivity contribution in [2.75, 3.05) is 13.7 Å². The molecule has 2 aromatic rings. The van der Waals surface area contributed by atoms with Crippen LogP contribution in [0.5, 0.6) is 0 Å². The Bertz CT molecular complexity index is 612. The lowest BCUT2D eigenvalue weighted by Gasteiger charge is -2.07. The third-order valence-electron chi connectivity index (χ3n) is 2.50. The fraction of sp³-hybridized carbons (Fsp3) is 0.273. The third-order valence-corrected chi connectivity index (χ3v) is 2.50. The topological polar surface area (TPSA) is 44.1 Å². The van der Waals surface area contributed by atoms with Gasteiger partial charge in [-0.3, -0.25) is 9.36 Å². The van der Waals surface area contributed by atoms with Gasteiger partial charge in [-0.25, -0.2) is 9.37 Å². The molecule has 0 bridgehead atoms. The lowest BCUT2D eigenvalue weighted by molar-refractivity contribution is 0.186. The molecular weight excluding hydrogens is 222 g/mol. The Labute approximate surface area is 98.4 Å². The number of fused-ring (bicyclic) bond motifs is 1. The van der Waals surface area contributed by atoms with E-state index in [1.54, 1.807) is 0 Å². The van der Waals surface area contributed by atoms with Crippen LogP contribution in [0.3, 0.4) is 0 Å². The summed E-state index contributed by atoms with van der Waals surface area (Å²) in [6, 6.07) is 2.92. The monoisotopic (exact) mass is 232 g/mol. The van der Waals surface area contributed by atoms with Crippen LogP contribution in [0.1, 0.15) is 0 Å². The molecule has 0 atom stereocenters. The van der Waals surface area contributed by atoms with Gasteiger partial charge in [0.1, 0.15) is 19.0 Å². The minimum atomic E-state index is -0.716. The van der Waals surface area contributed by atoms with Crippen LogP contribution in [-0.4, -0.2) is 31.1 Å². The normalized spacial score (nSPS) is 10.9. The molecule has 0 aliphatic heterocycles. The lowest BCUT2D eigenvalue weighted by Crippen LogP contribution is -2.25. The summed E-state index contributed by atoms with van der Waals surface area (Å²) in [7, 11) is 6.96. The highest BCUT2D eigenvalue weighted by molar-refractivity contribution is 6.33. The maximum Gasteiger partial charge on any atom is 0.264 e. The van der Waals surface area contributed by atoms with Gasteiger partial charge in [-0.15, -0.1) is 0 Å². The average Bonchev–Trinajstić information content (AvgIpc) is 2.33. The second-order valence-electron chi connectivity index (χ2n) is 3.60. The van der Waals surface area contributed by atoms with E-state index in [0.29, 0.717) is 18.7 Å². The van der Waals surface area contributed by atoms with Crippen molar-refractivity contribution in [1.82, 2.24) is 9.55 Å². The number of halogens is 1. The van der Waals surface area contributed by atoms with Crippen molar-refractivity contribution in [3.63, 3.8) is 0 Å². The van der Waals surface area contributed by atoms with E-state index < -0.39 is 11.4 Å². The van der Waals surface area contributed by atoms with Gasteiger partial charge < -0.3 is 4.74 Å². The van der Waals surface area contributed by atoms with E-state index in [4.69, 9.17) is 12.6 Å². The van der Waals surface area contributed by atoms with Crippen molar-refractivity contribution in [3.8, 4) is 0 Å². The summed E-state index contributed by atoms with van der Waals surface area (Å²) in [4.78, 5) is 16.0. The maximum absolute atomic E-state index is 13.8. The Morgan fingerprint density at radius 3 is 3.00 bits per heavy atom. The van der Waals surface area contributed by atoms with Crippen LogP contribution in [0.25, 0.3) is 10.9 Å². The van der Waals surface area contributed by atoms with Crippen molar-refractivity contribution >= 4 is 24.2 Å². The first-order valence-electron chi connectivity index (χ1n) is 5.07. The van der Waals surface area contributed by atoms with Crippen LogP contribution in [0.4, 0.5) is 4.39 Å². The Balaban J connectivity index is 2.65. The smallest absolute Gasteiger partial charge is 0.264 e. The Morgan fingerprint density at radius 1 is 1.53 bits per heavy atom. The summed E-state index contributed by atoms with van der Waals surface area (Å²) >= 11 is 0. The molecule has 0 saturated carbocycles. The fourth-order valence-electron chi connectivity index (χ4n) is 1.57. The first-order valence-corrected chi connectivity index (χ1v) is 5.07. The SMILES string of the molecule is [B]c1ccc2ncn(CCOC)c(=O)c2c1F. The van der Waals surface area contributed by atoms with Crippen LogP contribution in [0, 0.1) is 5.82 Å². The van der Waals surface area contributed by atoms with Gasteiger partial charge in [0.05, 0.1) is 25.0 Å². The molecule has 0 fully saturated rings. The molecule has 0 saturated heterocycles. The van der Waals surface area contributed by atoms with Crippen LogP contribution in [0.2, 0.25) is 0 Å². The highest BCUT2D eigenvalue weighted by Crippen LogP contribution is 2.08. The van der Waals surface area contributed by atoms with Gasteiger partial charge in [0.25, 0.3) is 5.56 Å². The molecular formula is C11H10BFN2O2. The molecule has 1 aromatic carbocycles. The molecule has 1 aromatic heterocycles. The summed E-state index contributed by atoms with van der Waals surface area (Å²) in [5.74, 6) is -0.716. The molecule has 0 amide bonds. The van der Waals surface area contributed by atoms with Gasteiger partial charge in [0.15, 0.2) is 0 Å². The molecule has 6 heteroatoms. The fourth-order valence-corrected chi connectivity index (χ4v) is 1.57. The van der Waals surface area contributed by atoms with Crippen LogP contribution in [-0.2, 0) is 11.3 Å². The average molecular weight is 232 g/mol.